The summed E-state index contributed by atoms with van der Waals surface area (Å²) in [6, 6.07) is 3.37. The highest BCUT2D eigenvalue weighted by Gasteiger charge is 2.22. The third-order valence-electron chi connectivity index (χ3n) is 2.69. The van der Waals surface area contributed by atoms with Gasteiger partial charge in [-0.3, -0.25) is 4.79 Å². The fraction of sp³-hybridized carbons (Fsp3) is 0.455. The Kier molecular flexibility index (Phi) is 3.41. The molecule has 2 heterocycles. The molecule has 86 valence electrons. The molecule has 1 aromatic rings. The van der Waals surface area contributed by atoms with Crippen molar-refractivity contribution in [1.82, 2.24) is 10.3 Å². The molecule has 2 N–H and O–H groups in total. The molecule has 0 aliphatic carbocycles. The van der Waals surface area contributed by atoms with E-state index in [4.69, 9.17) is 11.6 Å². The summed E-state index contributed by atoms with van der Waals surface area (Å²) in [5.41, 5.74) is 1.46. The Morgan fingerprint density at radius 3 is 3.06 bits per heavy atom. The number of amides is 1. The molecule has 0 radical (unpaired) electrons. The van der Waals surface area contributed by atoms with Crippen molar-refractivity contribution in [1.29, 1.82) is 0 Å². The Morgan fingerprint density at radius 1 is 1.62 bits per heavy atom. The number of aryl methyl sites for hydroxylation is 1. The highest BCUT2D eigenvalue weighted by atomic mass is 35.5. The van der Waals surface area contributed by atoms with Crippen LogP contribution in [0.2, 0.25) is 5.15 Å². The molecule has 2 rings (SSSR count). The van der Waals surface area contributed by atoms with Gasteiger partial charge in [0.2, 0.25) is 5.91 Å². The second kappa shape index (κ2) is 4.80. The maximum Gasteiger partial charge on any atom is 0.241 e. The van der Waals surface area contributed by atoms with Crippen LogP contribution in [0.4, 0.5) is 5.69 Å². The van der Waals surface area contributed by atoms with Crippen LogP contribution in [0.3, 0.4) is 0 Å². The number of carbonyl (C=O) groups is 1. The lowest BCUT2D eigenvalue weighted by atomic mass is 10.2. The van der Waals surface area contributed by atoms with Crippen molar-refractivity contribution < 1.29 is 4.79 Å². The lowest BCUT2D eigenvalue weighted by molar-refractivity contribution is -0.117. The van der Waals surface area contributed by atoms with Crippen LogP contribution in [-0.2, 0) is 4.79 Å². The van der Waals surface area contributed by atoms with Crippen LogP contribution in [0.15, 0.2) is 12.1 Å². The Balaban J connectivity index is 2.05. The summed E-state index contributed by atoms with van der Waals surface area (Å²) < 4.78 is 0. The minimum Gasteiger partial charge on any atom is -0.323 e. The SMILES string of the molecule is Cc1nc(Cl)ccc1NC(=O)[C@@H]1CCCN1. The van der Waals surface area contributed by atoms with Gasteiger partial charge in [0.25, 0.3) is 0 Å². The van der Waals surface area contributed by atoms with Gasteiger partial charge in [0.05, 0.1) is 17.4 Å². The smallest absolute Gasteiger partial charge is 0.241 e. The summed E-state index contributed by atoms with van der Waals surface area (Å²) in [7, 11) is 0. The van der Waals surface area contributed by atoms with Crippen LogP contribution in [0.25, 0.3) is 0 Å². The molecular formula is C11H14ClN3O. The highest BCUT2D eigenvalue weighted by molar-refractivity contribution is 6.29. The van der Waals surface area contributed by atoms with Crippen molar-refractivity contribution >= 4 is 23.2 Å². The number of anilines is 1. The van der Waals surface area contributed by atoms with E-state index in [1.54, 1.807) is 12.1 Å². The van der Waals surface area contributed by atoms with Crippen molar-refractivity contribution in [3.05, 3.63) is 23.0 Å². The van der Waals surface area contributed by atoms with Gasteiger partial charge >= 0.3 is 0 Å². The molecule has 0 bridgehead atoms. The molecule has 1 fully saturated rings. The van der Waals surface area contributed by atoms with Crippen molar-refractivity contribution in [3.8, 4) is 0 Å². The van der Waals surface area contributed by atoms with Gasteiger partial charge in [-0.25, -0.2) is 4.98 Å². The predicted molar refractivity (Wildman–Crippen MR) is 63.6 cm³/mol. The van der Waals surface area contributed by atoms with Crippen LogP contribution < -0.4 is 10.6 Å². The standard InChI is InChI=1S/C11H14ClN3O/c1-7-8(4-5-10(12)14-7)15-11(16)9-3-2-6-13-9/h4-5,9,13H,2-3,6H2,1H3,(H,15,16)/t9-/m0/s1. The first-order chi connectivity index (χ1) is 7.66. The average molecular weight is 240 g/mol. The Labute approximate surface area is 99.4 Å². The first kappa shape index (κ1) is 11.4. The molecule has 0 spiro atoms. The van der Waals surface area contributed by atoms with Crippen LogP contribution >= 0.6 is 11.6 Å². The Morgan fingerprint density at radius 2 is 2.44 bits per heavy atom. The zero-order valence-electron chi connectivity index (χ0n) is 9.09. The summed E-state index contributed by atoms with van der Waals surface area (Å²) in [5.74, 6) is 0.00437. The van der Waals surface area contributed by atoms with E-state index in [0.29, 0.717) is 5.15 Å². The maximum absolute atomic E-state index is 11.8. The predicted octanol–water partition coefficient (Wildman–Crippen LogP) is 1.73. The lowest BCUT2D eigenvalue weighted by Gasteiger charge is -2.12. The number of rotatable bonds is 2. The number of halogens is 1. The number of nitrogens with zero attached hydrogens (tertiary/aromatic N) is 1. The van der Waals surface area contributed by atoms with E-state index < -0.39 is 0 Å². The van der Waals surface area contributed by atoms with Crippen molar-refractivity contribution in [3.63, 3.8) is 0 Å². The fourth-order valence-corrected chi connectivity index (χ4v) is 1.98. The molecule has 16 heavy (non-hydrogen) atoms. The third-order valence-corrected chi connectivity index (χ3v) is 2.90. The number of hydrogen-bond acceptors (Lipinski definition) is 3. The monoisotopic (exact) mass is 239 g/mol. The zero-order chi connectivity index (χ0) is 11.5. The molecule has 0 unspecified atom stereocenters. The maximum atomic E-state index is 11.8. The lowest BCUT2D eigenvalue weighted by Crippen LogP contribution is -2.35. The average Bonchev–Trinajstić information content (AvgIpc) is 2.75. The number of hydrogen-bond donors (Lipinski definition) is 2. The molecule has 1 aliphatic heterocycles. The van der Waals surface area contributed by atoms with E-state index in [9.17, 15) is 4.79 Å². The molecule has 0 saturated carbocycles. The summed E-state index contributed by atoms with van der Waals surface area (Å²) >= 11 is 5.74. The Hall–Kier alpha value is -1.13. The van der Waals surface area contributed by atoms with Crippen molar-refractivity contribution in [2.75, 3.05) is 11.9 Å². The van der Waals surface area contributed by atoms with Crippen molar-refractivity contribution in [2.45, 2.75) is 25.8 Å². The molecule has 1 atom stereocenters. The van der Waals surface area contributed by atoms with Gasteiger partial charge in [-0.2, -0.15) is 0 Å². The van der Waals surface area contributed by atoms with Gasteiger partial charge < -0.3 is 10.6 Å². The first-order valence-electron chi connectivity index (χ1n) is 5.34. The number of nitrogens with one attached hydrogen (secondary N) is 2. The molecular weight excluding hydrogens is 226 g/mol. The third kappa shape index (κ3) is 2.51. The van der Waals surface area contributed by atoms with Crippen LogP contribution in [0, 0.1) is 6.92 Å². The molecule has 4 nitrogen and oxygen atoms in total. The van der Waals surface area contributed by atoms with Gasteiger partial charge in [-0.1, -0.05) is 11.6 Å². The summed E-state index contributed by atoms with van der Waals surface area (Å²) in [6.07, 6.45) is 1.95. The van der Waals surface area contributed by atoms with E-state index in [-0.39, 0.29) is 11.9 Å². The van der Waals surface area contributed by atoms with E-state index >= 15 is 0 Å². The molecule has 1 amide bonds. The van der Waals surface area contributed by atoms with Crippen LogP contribution in [0.5, 0.6) is 0 Å². The Bertz CT molecular complexity index is 402. The number of pyridine rings is 1. The number of aromatic nitrogens is 1. The molecule has 0 aromatic carbocycles. The quantitative estimate of drug-likeness (QED) is 0.773. The van der Waals surface area contributed by atoms with Gasteiger partial charge in [-0.15, -0.1) is 0 Å². The molecule has 1 aliphatic rings. The summed E-state index contributed by atoms with van der Waals surface area (Å²) in [4.78, 5) is 15.9. The van der Waals surface area contributed by atoms with Gasteiger partial charge in [0.15, 0.2) is 0 Å². The molecule has 5 heteroatoms. The molecule has 1 saturated heterocycles. The van der Waals surface area contributed by atoms with Crippen LogP contribution in [0.1, 0.15) is 18.5 Å². The fourth-order valence-electron chi connectivity index (χ4n) is 1.79. The molecule has 1 aromatic heterocycles. The van der Waals surface area contributed by atoms with Gasteiger partial charge in [0.1, 0.15) is 5.15 Å². The van der Waals surface area contributed by atoms with Gasteiger partial charge in [-0.05, 0) is 38.4 Å². The van der Waals surface area contributed by atoms with E-state index in [1.165, 1.54) is 0 Å². The normalized spacial score (nSPS) is 19.8. The largest absolute Gasteiger partial charge is 0.323 e. The van der Waals surface area contributed by atoms with Gasteiger partial charge in [0, 0.05) is 0 Å². The summed E-state index contributed by atoms with van der Waals surface area (Å²) in [6.45, 7) is 2.74. The minimum absolute atomic E-state index is 0.00437. The minimum atomic E-state index is -0.0740. The summed E-state index contributed by atoms with van der Waals surface area (Å²) in [5, 5.41) is 6.45. The van der Waals surface area contributed by atoms with E-state index in [1.807, 2.05) is 6.92 Å². The highest BCUT2D eigenvalue weighted by Crippen LogP contribution is 2.16. The first-order valence-corrected chi connectivity index (χ1v) is 5.72. The second-order valence-electron chi connectivity index (χ2n) is 3.91. The van der Waals surface area contributed by atoms with E-state index in [2.05, 4.69) is 15.6 Å². The topological polar surface area (TPSA) is 54.0 Å². The zero-order valence-corrected chi connectivity index (χ0v) is 9.84. The van der Waals surface area contributed by atoms with Crippen molar-refractivity contribution in [2.24, 2.45) is 0 Å². The van der Waals surface area contributed by atoms with E-state index in [0.717, 1.165) is 30.8 Å². The van der Waals surface area contributed by atoms with Crippen LogP contribution in [-0.4, -0.2) is 23.5 Å². The number of carbonyl (C=O) groups excluding carboxylic acids is 1. The second-order valence-corrected chi connectivity index (χ2v) is 4.29.